The van der Waals surface area contributed by atoms with Crippen LogP contribution in [-0.4, -0.2) is 0 Å². The highest BCUT2D eigenvalue weighted by Crippen LogP contribution is 2.20. The molecule has 0 aromatic carbocycles. The van der Waals surface area contributed by atoms with Crippen LogP contribution in [0, 0.1) is 0 Å². The molecule has 0 heterocycles. The van der Waals surface area contributed by atoms with Crippen LogP contribution in [-0.2, 0) is 0 Å². The molecule has 0 aromatic rings. The lowest BCUT2D eigenvalue weighted by Gasteiger charge is -2.08. The maximum atomic E-state index is 4.01. The number of hydrogen-bond donors (Lipinski definition) is 0. The van der Waals surface area contributed by atoms with Crippen LogP contribution < -0.4 is 0 Å². The lowest BCUT2D eigenvalue weighted by molar-refractivity contribution is 1.26. The van der Waals surface area contributed by atoms with Crippen molar-refractivity contribution in [1.29, 1.82) is 0 Å². The van der Waals surface area contributed by atoms with Gasteiger partial charge in [-0.2, -0.15) is 0 Å². The summed E-state index contributed by atoms with van der Waals surface area (Å²) in [4.78, 5) is 0. The van der Waals surface area contributed by atoms with Crippen LogP contribution in [0.1, 0.15) is 34.6 Å². The number of allylic oxidation sites excluding steroid dienone is 9. The van der Waals surface area contributed by atoms with E-state index in [1.807, 2.05) is 26.0 Å². The van der Waals surface area contributed by atoms with E-state index in [2.05, 4.69) is 45.6 Å². The third-order valence-corrected chi connectivity index (χ3v) is 2.45. The smallest absolute Gasteiger partial charge is 0.0201 e. The molecular formula is C15H22. The fraction of sp³-hybridized carbons (Fsp3) is 0.333. The van der Waals surface area contributed by atoms with Crippen molar-refractivity contribution in [2.75, 3.05) is 0 Å². The Morgan fingerprint density at radius 3 is 2.00 bits per heavy atom. The second-order valence-electron chi connectivity index (χ2n) is 3.68. The Kier molecular flexibility index (Phi) is 6.44. The monoisotopic (exact) mass is 202 g/mol. The molecule has 0 aliphatic rings. The van der Waals surface area contributed by atoms with E-state index in [0.717, 1.165) is 5.57 Å². The van der Waals surface area contributed by atoms with Gasteiger partial charge in [0.15, 0.2) is 0 Å². The molecule has 0 saturated heterocycles. The minimum Gasteiger partial charge on any atom is -0.0955 e. The van der Waals surface area contributed by atoms with Crippen molar-refractivity contribution in [2.45, 2.75) is 34.6 Å². The van der Waals surface area contributed by atoms with E-state index in [-0.39, 0.29) is 0 Å². The van der Waals surface area contributed by atoms with Gasteiger partial charge in [0, 0.05) is 0 Å². The van der Waals surface area contributed by atoms with Crippen LogP contribution in [0.4, 0.5) is 0 Å². The predicted molar refractivity (Wildman–Crippen MR) is 70.9 cm³/mol. The summed E-state index contributed by atoms with van der Waals surface area (Å²) in [5, 5.41) is 0. The van der Waals surface area contributed by atoms with Crippen LogP contribution in [0.25, 0.3) is 0 Å². The standard InChI is InChI=1S/C15H22/c1-7-9-10-11-15(12(3)4)14(6)13(5)8-2/h7-11H,3H2,1-2,4-6H3/b9-7-,11-10-,13-8-,15-14-. The molecule has 0 aliphatic heterocycles. The molecule has 0 bridgehead atoms. The molecule has 0 atom stereocenters. The Bertz CT molecular complexity index is 333. The van der Waals surface area contributed by atoms with Gasteiger partial charge in [0.1, 0.15) is 0 Å². The maximum Gasteiger partial charge on any atom is -0.0201 e. The van der Waals surface area contributed by atoms with E-state index in [1.165, 1.54) is 16.7 Å². The molecule has 0 saturated carbocycles. The predicted octanol–water partition coefficient (Wildman–Crippen LogP) is 4.98. The second kappa shape index (κ2) is 7.05. The van der Waals surface area contributed by atoms with Crippen molar-refractivity contribution in [3.8, 4) is 0 Å². The highest BCUT2D eigenvalue weighted by Gasteiger charge is 2.00. The van der Waals surface area contributed by atoms with E-state index >= 15 is 0 Å². The van der Waals surface area contributed by atoms with Crippen molar-refractivity contribution >= 4 is 0 Å². The van der Waals surface area contributed by atoms with Gasteiger partial charge in [0.2, 0.25) is 0 Å². The van der Waals surface area contributed by atoms with Crippen LogP contribution >= 0.6 is 0 Å². The van der Waals surface area contributed by atoms with E-state index < -0.39 is 0 Å². The first-order valence-corrected chi connectivity index (χ1v) is 5.34. The molecule has 0 rings (SSSR count). The van der Waals surface area contributed by atoms with Gasteiger partial charge in [-0.3, -0.25) is 0 Å². The van der Waals surface area contributed by atoms with E-state index in [1.54, 1.807) is 0 Å². The minimum atomic E-state index is 1.11. The van der Waals surface area contributed by atoms with Gasteiger partial charge in [0.25, 0.3) is 0 Å². The summed E-state index contributed by atoms with van der Waals surface area (Å²) in [5.41, 5.74) is 4.93. The molecule has 0 amide bonds. The van der Waals surface area contributed by atoms with Gasteiger partial charge in [-0.25, -0.2) is 0 Å². The van der Waals surface area contributed by atoms with Gasteiger partial charge in [0.05, 0.1) is 0 Å². The zero-order chi connectivity index (χ0) is 11.8. The second-order valence-corrected chi connectivity index (χ2v) is 3.68. The maximum absolute atomic E-state index is 4.01. The third-order valence-electron chi connectivity index (χ3n) is 2.45. The first-order valence-electron chi connectivity index (χ1n) is 5.34. The quantitative estimate of drug-likeness (QED) is 0.564. The summed E-state index contributed by atoms with van der Waals surface area (Å²) in [6.07, 6.45) is 10.3. The lowest BCUT2D eigenvalue weighted by Crippen LogP contribution is -1.88. The van der Waals surface area contributed by atoms with Crippen molar-refractivity contribution in [2.24, 2.45) is 0 Å². The van der Waals surface area contributed by atoms with Crippen LogP contribution in [0.3, 0.4) is 0 Å². The third kappa shape index (κ3) is 4.64. The lowest BCUT2D eigenvalue weighted by atomic mass is 9.97. The van der Waals surface area contributed by atoms with Crippen molar-refractivity contribution in [3.63, 3.8) is 0 Å². The highest BCUT2D eigenvalue weighted by molar-refractivity contribution is 5.47. The summed E-state index contributed by atoms with van der Waals surface area (Å²) in [6.45, 7) is 14.4. The average molecular weight is 202 g/mol. The van der Waals surface area contributed by atoms with Gasteiger partial charge < -0.3 is 0 Å². The normalized spacial score (nSPS) is 14.9. The molecule has 0 radical (unpaired) electrons. The molecule has 0 fully saturated rings. The van der Waals surface area contributed by atoms with Crippen molar-refractivity contribution in [1.82, 2.24) is 0 Å². The molecule has 0 nitrogen and oxygen atoms in total. The van der Waals surface area contributed by atoms with E-state index in [4.69, 9.17) is 0 Å². The summed E-state index contributed by atoms with van der Waals surface area (Å²) in [5.74, 6) is 0. The molecule has 0 unspecified atom stereocenters. The molecule has 15 heavy (non-hydrogen) atoms. The number of rotatable bonds is 4. The van der Waals surface area contributed by atoms with Gasteiger partial charge in [-0.05, 0) is 45.8 Å². The summed E-state index contributed by atoms with van der Waals surface area (Å²) < 4.78 is 0. The largest absolute Gasteiger partial charge is 0.0955 e. The Labute approximate surface area is 94.4 Å². The molecule has 0 spiro atoms. The number of hydrogen-bond acceptors (Lipinski definition) is 0. The van der Waals surface area contributed by atoms with Crippen molar-refractivity contribution in [3.05, 3.63) is 59.3 Å². The fourth-order valence-electron chi connectivity index (χ4n) is 1.28. The van der Waals surface area contributed by atoms with E-state index in [9.17, 15) is 0 Å². The summed E-state index contributed by atoms with van der Waals surface area (Å²) in [7, 11) is 0. The Hall–Kier alpha value is -1.30. The van der Waals surface area contributed by atoms with E-state index in [0.29, 0.717) is 0 Å². The minimum absolute atomic E-state index is 1.11. The Morgan fingerprint density at radius 2 is 1.60 bits per heavy atom. The first-order chi connectivity index (χ1) is 7.04. The van der Waals surface area contributed by atoms with Gasteiger partial charge in [-0.15, -0.1) is 0 Å². The fourth-order valence-corrected chi connectivity index (χ4v) is 1.28. The molecule has 0 N–H and O–H groups in total. The summed E-state index contributed by atoms with van der Waals surface area (Å²) >= 11 is 0. The molecular weight excluding hydrogens is 180 g/mol. The van der Waals surface area contributed by atoms with Crippen LogP contribution in [0.2, 0.25) is 0 Å². The zero-order valence-corrected chi connectivity index (χ0v) is 10.6. The molecule has 0 heteroatoms. The van der Waals surface area contributed by atoms with Gasteiger partial charge >= 0.3 is 0 Å². The molecule has 0 aromatic heterocycles. The molecule has 0 aliphatic carbocycles. The first kappa shape index (κ1) is 13.7. The Morgan fingerprint density at radius 1 is 1.00 bits per heavy atom. The SMILES string of the molecule is C=C(C)C(/C=C\C=C/C)=C(C)\C(C)=C/C. The average Bonchev–Trinajstić information content (AvgIpc) is 2.22. The van der Waals surface area contributed by atoms with Crippen molar-refractivity contribution < 1.29 is 0 Å². The highest BCUT2D eigenvalue weighted by atomic mass is 14.1. The van der Waals surface area contributed by atoms with Crippen LogP contribution in [0.5, 0.6) is 0 Å². The zero-order valence-electron chi connectivity index (χ0n) is 10.6. The molecule has 82 valence electrons. The Balaban J connectivity index is 5.21. The van der Waals surface area contributed by atoms with Gasteiger partial charge in [-0.1, -0.05) is 48.1 Å². The summed E-state index contributed by atoms with van der Waals surface area (Å²) in [6, 6.07) is 0. The van der Waals surface area contributed by atoms with Crippen LogP contribution in [0.15, 0.2) is 59.3 Å². The topological polar surface area (TPSA) is 0 Å².